The smallest absolute Gasteiger partial charge is 0.0701 e. The number of hydrogen-bond acceptors (Lipinski definition) is 8. The van der Waals surface area contributed by atoms with E-state index in [0.717, 1.165) is 26.1 Å². The van der Waals surface area contributed by atoms with E-state index in [1.807, 2.05) is 0 Å². The maximum Gasteiger partial charge on any atom is 0.0701 e. The fraction of sp³-hybridized carbons (Fsp3) is 0.707. The lowest BCUT2D eigenvalue weighted by Crippen LogP contribution is -2.25. The number of hydrogen-bond donors (Lipinski definition) is 0. The molecule has 0 saturated heterocycles. The van der Waals surface area contributed by atoms with E-state index in [0.29, 0.717) is 79.3 Å². The van der Waals surface area contributed by atoms with Gasteiger partial charge in [-0.1, -0.05) is 86.1 Å². The average molecular weight is 687 g/mol. The van der Waals surface area contributed by atoms with E-state index in [2.05, 4.69) is 50.2 Å². The molecule has 0 radical (unpaired) electrons. The van der Waals surface area contributed by atoms with Gasteiger partial charge in [-0.25, -0.2) is 0 Å². The van der Waals surface area contributed by atoms with Gasteiger partial charge in [0, 0.05) is 32.8 Å². The van der Waals surface area contributed by atoms with Crippen LogP contribution in [0.5, 0.6) is 0 Å². The van der Waals surface area contributed by atoms with Gasteiger partial charge in [0.2, 0.25) is 0 Å². The molecule has 0 fully saturated rings. The highest BCUT2D eigenvalue weighted by atomic mass is 16.6. The molecule has 3 rings (SSSR count). The summed E-state index contributed by atoms with van der Waals surface area (Å²) in [6.45, 7) is 13.4. The van der Waals surface area contributed by atoms with E-state index in [1.54, 1.807) is 25.3 Å². The van der Waals surface area contributed by atoms with Crippen LogP contribution in [-0.4, -0.2) is 107 Å². The normalized spacial score (nSPS) is 13.2. The maximum absolute atomic E-state index is 5.83. The van der Waals surface area contributed by atoms with Crippen LogP contribution in [-0.2, 0) is 43.3 Å². The van der Waals surface area contributed by atoms with E-state index >= 15 is 0 Å². The van der Waals surface area contributed by atoms with Gasteiger partial charge in [0.15, 0.2) is 0 Å². The molecule has 49 heavy (non-hydrogen) atoms. The molecule has 0 amide bonds. The van der Waals surface area contributed by atoms with Gasteiger partial charge in [-0.2, -0.15) is 0 Å². The Balaban J connectivity index is 1.39. The van der Waals surface area contributed by atoms with Gasteiger partial charge in [-0.05, 0) is 61.8 Å². The molecule has 0 heterocycles. The lowest BCUT2D eigenvalue weighted by atomic mass is 9.70. The van der Waals surface area contributed by atoms with Gasteiger partial charge < -0.3 is 37.9 Å². The van der Waals surface area contributed by atoms with Crippen molar-refractivity contribution in [3.63, 3.8) is 0 Å². The van der Waals surface area contributed by atoms with Crippen LogP contribution in [0.25, 0.3) is 11.1 Å². The first-order valence-corrected chi connectivity index (χ1v) is 18.8. The molecule has 0 N–H and O–H groups in total. The third-order valence-corrected chi connectivity index (χ3v) is 9.31. The zero-order valence-corrected chi connectivity index (χ0v) is 31.2. The summed E-state index contributed by atoms with van der Waals surface area (Å²) in [6.07, 6.45) is 11.9. The molecule has 2 aromatic carbocycles. The molecular formula is C41H66O8. The predicted molar refractivity (Wildman–Crippen MR) is 197 cm³/mol. The second-order valence-electron chi connectivity index (χ2n) is 13.2. The van der Waals surface area contributed by atoms with Crippen molar-refractivity contribution in [2.24, 2.45) is 0 Å². The fourth-order valence-electron chi connectivity index (χ4n) is 6.72. The molecule has 0 aliphatic heterocycles. The number of methoxy groups -OCH3 is 2. The summed E-state index contributed by atoms with van der Waals surface area (Å²) >= 11 is 0. The molecule has 8 nitrogen and oxygen atoms in total. The molecule has 1 aliphatic rings. The summed E-state index contributed by atoms with van der Waals surface area (Å²) in [7, 11) is 3.35. The largest absolute Gasteiger partial charge is 0.382 e. The van der Waals surface area contributed by atoms with Crippen LogP contribution in [0.4, 0.5) is 0 Å². The summed E-state index contributed by atoms with van der Waals surface area (Å²) in [5, 5.41) is 0. The summed E-state index contributed by atoms with van der Waals surface area (Å²) < 4.78 is 43.6. The number of aryl methyl sites for hydroxylation is 2. The summed E-state index contributed by atoms with van der Waals surface area (Å²) in [5.74, 6) is 0. The minimum atomic E-state index is 0.0882. The first kappa shape index (κ1) is 41.5. The molecular weight excluding hydrogens is 620 g/mol. The van der Waals surface area contributed by atoms with Gasteiger partial charge >= 0.3 is 0 Å². The fourth-order valence-corrected chi connectivity index (χ4v) is 6.72. The van der Waals surface area contributed by atoms with Gasteiger partial charge in [-0.15, -0.1) is 0 Å². The first-order valence-electron chi connectivity index (χ1n) is 18.8. The molecule has 8 heteroatoms. The van der Waals surface area contributed by atoms with Crippen molar-refractivity contribution >= 4 is 0 Å². The van der Waals surface area contributed by atoms with E-state index in [-0.39, 0.29) is 5.41 Å². The van der Waals surface area contributed by atoms with Crippen molar-refractivity contribution in [2.75, 3.05) is 107 Å². The van der Waals surface area contributed by atoms with E-state index in [4.69, 9.17) is 37.9 Å². The van der Waals surface area contributed by atoms with Crippen LogP contribution in [0.1, 0.15) is 86.5 Å². The number of ether oxygens (including phenoxy) is 8. The Morgan fingerprint density at radius 2 is 0.714 bits per heavy atom. The zero-order chi connectivity index (χ0) is 34.8. The Labute approximate surface area is 297 Å². The summed E-state index contributed by atoms with van der Waals surface area (Å²) in [6, 6.07) is 14.3. The van der Waals surface area contributed by atoms with Crippen molar-refractivity contribution in [3.05, 3.63) is 58.7 Å². The number of rotatable bonds is 32. The molecule has 2 aromatic rings. The summed E-state index contributed by atoms with van der Waals surface area (Å²) in [5.41, 5.74) is 8.77. The minimum Gasteiger partial charge on any atom is -0.382 e. The third kappa shape index (κ3) is 15.5. The van der Waals surface area contributed by atoms with Gasteiger partial charge in [-0.3, -0.25) is 0 Å². The third-order valence-electron chi connectivity index (χ3n) is 9.31. The molecule has 0 unspecified atom stereocenters. The SMILES string of the molecule is COCCOCCOCCOCCCCCCC1(CCCCCCOCCOCCOCCOC)c2cc(C)ccc2-c2ccc(C)cc21. The van der Waals surface area contributed by atoms with Crippen LogP contribution in [0.3, 0.4) is 0 Å². The molecule has 0 aromatic heterocycles. The predicted octanol–water partition coefficient (Wildman–Crippen LogP) is 7.86. The summed E-state index contributed by atoms with van der Waals surface area (Å²) in [4.78, 5) is 0. The molecule has 0 saturated carbocycles. The van der Waals surface area contributed by atoms with Crippen molar-refractivity contribution in [2.45, 2.75) is 83.5 Å². The molecule has 278 valence electrons. The second-order valence-corrected chi connectivity index (χ2v) is 13.2. The minimum absolute atomic E-state index is 0.0882. The van der Waals surface area contributed by atoms with E-state index < -0.39 is 0 Å². The van der Waals surface area contributed by atoms with Crippen LogP contribution in [0.2, 0.25) is 0 Å². The lowest BCUT2D eigenvalue weighted by Gasteiger charge is -2.33. The Hall–Kier alpha value is -1.88. The zero-order valence-electron chi connectivity index (χ0n) is 31.2. The van der Waals surface area contributed by atoms with Crippen molar-refractivity contribution < 1.29 is 37.9 Å². The highest BCUT2D eigenvalue weighted by molar-refractivity contribution is 5.81. The Bertz CT molecular complexity index is 1040. The average Bonchev–Trinajstić information content (AvgIpc) is 3.35. The van der Waals surface area contributed by atoms with E-state index in [9.17, 15) is 0 Å². The first-order chi connectivity index (χ1) is 24.1. The number of unbranched alkanes of at least 4 members (excludes halogenated alkanes) is 6. The van der Waals surface area contributed by atoms with Gasteiger partial charge in [0.05, 0.1) is 79.3 Å². The topological polar surface area (TPSA) is 73.8 Å². The van der Waals surface area contributed by atoms with Crippen molar-refractivity contribution in [3.8, 4) is 11.1 Å². The van der Waals surface area contributed by atoms with Crippen LogP contribution in [0, 0.1) is 13.8 Å². The van der Waals surface area contributed by atoms with Crippen molar-refractivity contribution in [1.29, 1.82) is 0 Å². The van der Waals surface area contributed by atoms with Gasteiger partial charge in [0.25, 0.3) is 0 Å². The Morgan fingerprint density at radius 1 is 0.388 bits per heavy atom. The molecule has 0 bridgehead atoms. The number of fused-ring (bicyclic) bond motifs is 3. The maximum atomic E-state index is 5.83. The highest BCUT2D eigenvalue weighted by Crippen LogP contribution is 2.54. The van der Waals surface area contributed by atoms with E-state index in [1.165, 1.54) is 73.6 Å². The van der Waals surface area contributed by atoms with Crippen LogP contribution >= 0.6 is 0 Å². The quantitative estimate of drug-likeness (QED) is 0.0721. The molecule has 1 aliphatic carbocycles. The Kier molecular flexibility index (Phi) is 22.0. The standard InChI is InChI=1S/C41H66O8/c1-35-13-15-37-38-16-14-36(2)34-40(38)41(39(37)33-35,17-9-5-7-11-19-44-25-27-48-31-29-46-23-21-42-3)18-10-6-8-12-20-45-26-28-49-32-30-47-24-22-43-4/h13-16,33-34H,5-12,17-32H2,1-4H3. The van der Waals surface area contributed by atoms with Crippen LogP contribution < -0.4 is 0 Å². The van der Waals surface area contributed by atoms with Crippen LogP contribution in [0.15, 0.2) is 36.4 Å². The lowest BCUT2D eigenvalue weighted by molar-refractivity contribution is 0.00322. The second kappa shape index (κ2) is 26.0. The highest BCUT2D eigenvalue weighted by Gasteiger charge is 2.42. The monoisotopic (exact) mass is 686 g/mol. The molecule has 0 spiro atoms. The molecule has 0 atom stereocenters. The Morgan fingerprint density at radius 3 is 1.08 bits per heavy atom. The number of benzene rings is 2. The van der Waals surface area contributed by atoms with Crippen molar-refractivity contribution in [1.82, 2.24) is 0 Å². The van der Waals surface area contributed by atoms with Gasteiger partial charge in [0.1, 0.15) is 0 Å².